The average molecular weight is 274 g/mol. The quantitative estimate of drug-likeness (QED) is 0.880. The van der Waals surface area contributed by atoms with E-state index in [1.54, 1.807) is 26.4 Å². The fourth-order valence-electron chi connectivity index (χ4n) is 2.16. The number of ether oxygens (including phenoxy) is 2. The number of rotatable bonds is 5. The molecule has 0 aliphatic rings. The largest absolute Gasteiger partial charge is 0.508 e. The summed E-state index contributed by atoms with van der Waals surface area (Å²) in [6.45, 7) is 0. The van der Waals surface area contributed by atoms with Crippen molar-refractivity contribution in [3.63, 3.8) is 0 Å². The van der Waals surface area contributed by atoms with Crippen LogP contribution in [0.15, 0.2) is 36.4 Å². The fraction of sp³-hybridized carbons (Fsp3) is 0.250. The Kier molecular flexibility index (Phi) is 4.35. The van der Waals surface area contributed by atoms with Gasteiger partial charge in [-0.1, -0.05) is 0 Å². The second kappa shape index (κ2) is 6.19. The first-order valence-corrected chi connectivity index (χ1v) is 6.35. The standard InChI is InChI=1S/C16H18O4/c1-19-15-5-6-16(20-2)12(9-15)4-3-11-7-13(17)10-14(18)8-11/h5-10,17-18H,3-4H2,1-2H3. The molecule has 0 saturated heterocycles. The highest BCUT2D eigenvalue weighted by atomic mass is 16.5. The zero-order valence-corrected chi connectivity index (χ0v) is 11.6. The van der Waals surface area contributed by atoms with E-state index in [4.69, 9.17) is 9.47 Å². The first kappa shape index (κ1) is 14.1. The number of phenols is 2. The summed E-state index contributed by atoms with van der Waals surface area (Å²) < 4.78 is 10.5. The van der Waals surface area contributed by atoms with Gasteiger partial charge in [-0.15, -0.1) is 0 Å². The van der Waals surface area contributed by atoms with Crippen LogP contribution in [0.25, 0.3) is 0 Å². The third-order valence-electron chi connectivity index (χ3n) is 3.13. The van der Waals surface area contributed by atoms with Crippen molar-refractivity contribution in [3.8, 4) is 23.0 Å². The van der Waals surface area contributed by atoms with Gasteiger partial charge in [-0.2, -0.15) is 0 Å². The molecule has 2 aromatic rings. The smallest absolute Gasteiger partial charge is 0.122 e. The van der Waals surface area contributed by atoms with Gasteiger partial charge in [0.05, 0.1) is 14.2 Å². The topological polar surface area (TPSA) is 58.9 Å². The minimum absolute atomic E-state index is 0.0672. The van der Waals surface area contributed by atoms with Crippen LogP contribution >= 0.6 is 0 Å². The molecule has 106 valence electrons. The van der Waals surface area contributed by atoms with Gasteiger partial charge in [0.2, 0.25) is 0 Å². The van der Waals surface area contributed by atoms with E-state index in [1.165, 1.54) is 6.07 Å². The summed E-state index contributed by atoms with van der Waals surface area (Å²) in [5, 5.41) is 18.9. The fourth-order valence-corrected chi connectivity index (χ4v) is 2.16. The monoisotopic (exact) mass is 274 g/mol. The van der Waals surface area contributed by atoms with E-state index in [-0.39, 0.29) is 11.5 Å². The van der Waals surface area contributed by atoms with Crippen molar-refractivity contribution >= 4 is 0 Å². The molecule has 4 heteroatoms. The normalized spacial score (nSPS) is 10.3. The molecule has 2 N–H and O–H groups in total. The molecular weight excluding hydrogens is 256 g/mol. The Hall–Kier alpha value is -2.36. The summed E-state index contributed by atoms with van der Waals surface area (Å²) >= 11 is 0. The lowest BCUT2D eigenvalue weighted by molar-refractivity contribution is 0.398. The van der Waals surface area contributed by atoms with Crippen LogP contribution in [-0.2, 0) is 12.8 Å². The van der Waals surface area contributed by atoms with Crippen LogP contribution in [-0.4, -0.2) is 24.4 Å². The molecule has 0 spiro atoms. The molecule has 0 unspecified atom stereocenters. The van der Waals surface area contributed by atoms with Crippen molar-refractivity contribution in [1.82, 2.24) is 0 Å². The molecule has 20 heavy (non-hydrogen) atoms. The molecule has 2 rings (SSSR count). The van der Waals surface area contributed by atoms with Gasteiger partial charge in [0.25, 0.3) is 0 Å². The first-order valence-electron chi connectivity index (χ1n) is 6.35. The Morgan fingerprint density at radius 3 is 2.15 bits per heavy atom. The summed E-state index contributed by atoms with van der Waals surface area (Å²) in [7, 11) is 3.25. The predicted octanol–water partition coefficient (Wildman–Crippen LogP) is 2.90. The maximum atomic E-state index is 9.47. The number of phenolic OH excluding ortho intramolecular Hbond substituents is 2. The average Bonchev–Trinajstić information content (AvgIpc) is 2.43. The van der Waals surface area contributed by atoms with Gasteiger partial charge < -0.3 is 19.7 Å². The van der Waals surface area contributed by atoms with E-state index in [1.807, 2.05) is 18.2 Å². The van der Waals surface area contributed by atoms with Crippen molar-refractivity contribution < 1.29 is 19.7 Å². The van der Waals surface area contributed by atoms with Gasteiger partial charge in [-0.25, -0.2) is 0 Å². The van der Waals surface area contributed by atoms with Crippen molar-refractivity contribution in [2.45, 2.75) is 12.8 Å². The van der Waals surface area contributed by atoms with Crippen LogP contribution in [0.3, 0.4) is 0 Å². The van der Waals surface area contributed by atoms with Gasteiger partial charge in [0.15, 0.2) is 0 Å². The highest BCUT2D eigenvalue weighted by Gasteiger charge is 2.06. The van der Waals surface area contributed by atoms with Crippen LogP contribution in [0, 0.1) is 0 Å². The molecular formula is C16H18O4. The van der Waals surface area contributed by atoms with Crippen LogP contribution in [0.5, 0.6) is 23.0 Å². The SMILES string of the molecule is COc1ccc(OC)c(CCc2cc(O)cc(O)c2)c1. The summed E-state index contributed by atoms with van der Waals surface area (Å²) in [6.07, 6.45) is 1.41. The van der Waals surface area contributed by atoms with Crippen LogP contribution in [0.2, 0.25) is 0 Å². The Morgan fingerprint density at radius 2 is 1.55 bits per heavy atom. The zero-order valence-electron chi connectivity index (χ0n) is 11.6. The number of benzene rings is 2. The van der Waals surface area contributed by atoms with Crippen LogP contribution in [0.4, 0.5) is 0 Å². The van der Waals surface area contributed by atoms with Gasteiger partial charge >= 0.3 is 0 Å². The number of methoxy groups -OCH3 is 2. The first-order chi connectivity index (χ1) is 9.62. The Bertz CT molecular complexity index is 573. The molecule has 0 radical (unpaired) electrons. The summed E-state index contributed by atoms with van der Waals surface area (Å²) in [4.78, 5) is 0. The van der Waals surface area contributed by atoms with Crippen LogP contribution < -0.4 is 9.47 Å². The highest BCUT2D eigenvalue weighted by molar-refractivity contribution is 5.42. The summed E-state index contributed by atoms with van der Waals surface area (Å²) in [6, 6.07) is 10.3. The van der Waals surface area contributed by atoms with Crippen molar-refractivity contribution in [3.05, 3.63) is 47.5 Å². The van der Waals surface area contributed by atoms with E-state index in [2.05, 4.69) is 0 Å². The zero-order chi connectivity index (χ0) is 14.5. The van der Waals surface area contributed by atoms with E-state index < -0.39 is 0 Å². The summed E-state index contributed by atoms with van der Waals surface area (Å²) in [5.41, 5.74) is 1.89. The maximum absolute atomic E-state index is 9.47. The second-order valence-electron chi connectivity index (χ2n) is 4.54. The second-order valence-corrected chi connectivity index (χ2v) is 4.54. The van der Waals surface area contributed by atoms with Crippen molar-refractivity contribution in [2.75, 3.05) is 14.2 Å². The molecule has 0 heterocycles. The van der Waals surface area contributed by atoms with Gasteiger partial charge in [-0.3, -0.25) is 0 Å². The Balaban J connectivity index is 2.17. The van der Waals surface area contributed by atoms with Crippen LogP contribution in [0.1, 0.15) is 11.1 Å². The molecule has 0 fully saturated rings. The third kappa shape index (κ3) is 3.35. The Labute approximate surface area is 118 Å². The lowest BCUT2D eigenvalue weighted by Gasteiger charge is -2.10. The van der Waals surface area contributed by atoms with Crippen molar-refractivity contribution in [2.24, 2.45) is 0 Å². The molecule has 0 aliphatic carbocycles. The van der Waals surface area contributed by atoms with E-state index in [9.17, 15) is 10.2 Å². The predicted molar refractivity (Wildman–Crippen MR) is 76.7 cm³/mol. The number of aromatic hydroxyl groups is 2. The maximum Gasteiger partial charge on any atom is 0.122 e. The molecule has 0 bridgehead atoms. The third-order valence-corrected chi connectivity index (χ3v) is 3.13. The number of hydrogen-bond donors (Lipinski definition) is 2. The van der Waals surface area contributed by atoms with Gasteiger partial charge in [-0.05, 0) is 54.3 Å². The Morgan fingerprint density at radius 1 is 0.850 bits per heavy atom. The highest BCUT2D eigenvalue weighted by Crippen LogP contribution is 2.27. The summed E-state index contributed by atoms with van der Waals surface area (Å²) in [5.74, 6) is 1.71. The molecule has 0 aromatic heterocycles. The van der Waals surface area contributed by atoms with E-state index >= 15 is 0 Å². The molecule has 4 nitrogen and oxygen atoms in total. The van der Waals surface area contributed by atoms with Gasteiger partial charge in [0.1, 0.15) is 23.0 Å². The number of hydrogen-bond acceptors (Lipinski definition) is 4. The minimum atomic E-state index is 0.0672. The molecule has 0 atom stereocenters. The van der Waals surface area contributed by atoms with E-state index in [0.717, 1.165) is 29.0 Å². The lowest BCUT2D eigenvalue weighted by Crippen LogP contribution is -1.96. The molecule has 0 amide bonds. The van der Waals surface area contributed by atoms with Crippen molar-refractivity contribution in [1.29, 1.82) is 0 Å². The number of aryl methyl sites for hydroxylation is 2. The molecule has 0 aliphatic heterocycles. The minimum Gasteiger partial charge on any atom is -0.508 e. The van der Waals surface area contributed by atoms with E-state index in [0.29, 0.717) is 6.42 Å². The molecule has 0 saturated carbocycles. The van der Waals surface area contributed by atoms with Gasteiger partial charge in [0, 0.05) is 6.07 Å². The molecule has 2 aromatic carbocycles. The lowest BCUT2D eigenvalue weighted by atomic mass is 10.0.